The van der Waals surface area contributed by atoms with Crippen LogP contribution in [0.2, 0.25) is 0 Å². The number of aromatic nitrogens is 2. The number of carbonyl (C=O) groups excluding carboxylic acids is 1. The molecule has 3 rings (SSSR count). The minimum atomic E-state index is -0.640. The highest BCUT2D eigenvalue weighted by atomic mass is 19.1. The number of benzene rings is 1. The van der Waals surface area contributed by atoms with Crippen LogP contribution in [0.4, 0.5) is 4.39 Å². The van der Waals surface area contributed by atoms with E-state index in [-0.39, 0.29) is 12.2 Å². The molecule has 0 spiro atoms. The van der Waals surface area contributed by atoms with Gasteiger partial charge >= 0.3 is 5.97 Å². The Morgan fingerprint density at radius 1 is 1.48 bits per heavy atom. The molecular formula is C16H17FN2O2. The predicted molar refractivity (Wildman–Crippen MR) is 76.2 cm³/mol. The summed E-state index contributed by atoms with van der Waals surface area (Å²) in [5.74, 6) is -0.646. The van der Waals surface area contributed by atoms with Gasteiger partial charge in [0.15, 0.2) is 0 Å². The van der Waals surface area contributed by atoms with Crippen LogP contribution in [0.1, 0.15) is 47.3 Å². The molecule has 0 saturated heterocycles. The molecule has 4 nitrogen and oxygen atoms in total. The second-order valence-electron chi connectivity index (χ2n) is 5.32. The number of nitrogens with zero attached hydrogens (tertiary/aromatic N) is 2. The maximum atomic E-state index is 13.9. The highest BCUT2D eigenvalue weighted by molar-refractivity contribution is 5.90. The molecule has 0 radical (unpaired) electrons. The van der Waals surface area contributed by atoms with Crippen LogP contribution in [-0.4, -0.2) is 22.1 Å². The van der Waals surface area contributed by atoms with E-state index in [2.05, 4.69) is 4.98 Å². The number of hydrogen-bond donors (Lipinski definition) is 0. The summed E-state index contributed by atoms with van der Waals surface area (Å²) < 4.78 is 20.7. The third-order valence-electron chi connectivity index (χ3n) is 3.66. The second kappa shape index (κ2) is 5.31. The monoisotopic (exact) mass is 288 g/mol. The van der Waals surface area contributed by atoms with Gasteiger partial charge in [-0.2, -0.15) is 0 Å². The van der Waals surface area contributed by atoms with E-state index in [9.17, 15) is 9.18 Å². The number of halogens is 1. The van der Waals surface area contributed by atoms with Crippen LogP contribution in [0, 0.1) is 12.7 Å². The van der Waals surface area contributed by atoms with Crippen molar-refractivity contribution in [2.45, 2.75) is 32.6 Å². The predicted octanol–water partition coefficient (Wildman–Crippen LogP) is 3.37. The molecule has 0 N–H and O–H groups in total. The van der Waals surface area contributed by atoms with Crippen LogP contribution >= 0.6 is 0 Å². The zero-order valence-electron chi connectivity index (χ0n) is 12.1. The number of ether oxygens (including phenoxy) is 1. The number of rotatable bonds is 4. The van der Waals surface area contributed by atoms with Gasteiger partial charge in [-0.15, -0.1) is 0 Å². The van der Waals surface area contributed by atoms with Crippen molar-refractivity contribution in [1.82, 2.24) is 9.55 Å². The van der Waals surface area contributed by atoms with Crippen LogP contribution in [0.5, 0.6) is 0 Å². The van der Waals surface area contributed by atoms with Crippen LogP contribution < -0.4 is 0 Å². The lowest BCUT2D eigenvalue weighted by Gasteiger charge is -2.10. The van der Waals surface area contributed by atoms with Gasteiger partial charge < -0.3 is 9.30 Å². The van der Waals surface area contributed by atoms with Crippen molar-refractivity contribution in [3.63, 3.8) is 0 Å². The van der Waals surface area contributed by atoms with E-state index < -0.39 is 11.8 Å². The standard InChI is InChI=1S/C16H17FN2O2/c1-3-21-16(20)12-7-15(10(2)6-13(12)17)19-8-14(18-9-19)11-4-5-11/h6-9,11H,3-5H2,1-2H3. The summed E-state index contributed by atoms with van der Waals surface area (Å²) in [6, 6.07) is 2.89. The smallest absolute Gasteiger partial charge is 0.341 e. The molecule has 1 aliphatic rings. The molecule has 1 aliphatic carbocycles. The van der Waals surface area contributed by atoms with E-state index in [0.29, 0.717) is 5.92 Å². The summed E-state index contributed by atoms with van der Waals surface area (Å²) in [4.78, 5) is 16.2. The maximum absolute atomic E-state index is 13.9. The first-order chi connectivity index (χ1) is 10.1. The molecule has 0 amide bonds. The summed E-state index contributed by atoms with van der Waals surface area (Å²) in [7, 11) is 0. The van der Waals surface area contributed by atoms with E-state index in [1.165, 1.54) is 25.0 Å². The largest absolute Gasteiger partial charge is 0.462 e. The Balaban J connectivity index is 2.00. The van der Waals surface area contributed by atoms with Crippen molar-refractivity contribution in [2.24, 2.45) is 0 Å². The van der Waals surface area contributed by atoms with Crippen molar-refractivity contribution >= 4 is 5.97 Å². The Hall–Kier alpha value is -2.17. The first kappa shape index (κ1) is 13.8. The topological polar surface area (TPSA) is 44.1 Å². The zero-order valence-corrected chi connectivity index (χ0v) is 12.1. The van der Waals surface area contributed by atoms with E-state index in [0.717, 1.165) is 16.9 Å². The van der Waals surface area contributed by atoms with Gasteiger partial charge in [0.1, 0.15) is 5.82 Å². The summed E-state index contributed by atoms with van der Waals surface area (Å²) in [5.41, 5.74) is 2.51. The average Bonchev–Trinajstić information content (AvgIpc) is 3.18. The number of hydrogen-bond acceptors (Lipinski definition) is 3. The lowest BCUT2D eigenvalue weighted by molar-refractivity contribution is 0.0521. The molecule has 0 bridgehead atoms. The van der Waals surface area contributed by atoms with E-state index in [1.54, 1.807) is 13.3 Å². The molecule has 0 atom stereocenters. The Bertz CT molecular complexity index is 690. The lowest BCUT2D eigenvalue weighted by Crippen LogP contribution is -2.09. The van der Waals surface area contributed by atoms with Gasteiger partial charge in [-0.1, -0.05) is 0 Å². The number of esters is 1. The Kier molecular flexibility index (Phi) is 3.49. The quantitative estimate of drug-likeness (QED) is 0.810. The minimum Gasteiger partial charge on any atom is -0.462 e. The Morgan fingerprint density at radius 2 is 2.24 bits per heavy atom. The highest BCUT2D eigenvalue weighted by Gasteiger charge is 2.26. The number of aryl methyl sites for hydroxylation is 1. The first-order valence-electron chi connectivity index (χ1n) is 7.11. The summed E-state index contributed by atoms with van der Waals surface area (Å²) in [6.07, 6.45) is 6.01. The molecule has 0 unspecified atom stereocenters. The minimum absolute atomic E-state index is 0.0425. The van der Waals surface area contributed by atoms with Crippen LogP contribution in [0.15, 0.2) is 24.7 Å². The van der Waals surface area contributed by atoms with Gasteiger partial charge in [-0.3, -0.25) is 0 Å². The van der Waals surface area contributed by atoms with Crippen LogP contribution in [-0.2, 0) is 4.74 Å². The molecule has 1 saturated carbocycles. The fraction of sp³-hybridized carbons (Fsp3) is 0.375. The fourth-order valence-corrected chi connectivity index (χ4v) is 2.36. The van der Waals surface area contributed by atoms with Crippen LogP contribution in [0.25, 0.3) is 5.69 Å². The van der Waals surface area contributed by atoms with Crippen LogP contribution in [0.3, 0.4) is 0 Å². The van der Waals surface area contributed by atoms with E-state index in [4.69, 9.17) is 4.74 Å². The van der Waals surface area contributed by atoms with Gasteiger partial charge in [-0.05, 0) is 44.4 Å². The van der Waals surface area contributed by atoms with Crippen molar-refractivity contribution < 1.29 is 13.9 Å². The summed E-state index contributed by atoms with van der Waals surface area (Å²) >= 11 is 0. The average molecular weight is 288 g/mol. The van der Waals surface area contributed by atoms with Crippen molar-refractivity contribution in [3.8, 4) is 5.69 Å². The van der Waals surface area contributed by atoms with Gasteiger partial charge in [0, 0.05) is 12.1 Å². The molecule has 1 aromatic carbocycles. The number of carbonyl (C=O) groups is 1. The highest BCUT2D eigenvalue weighted by Crippen LogP contribution is 2.39. The van der Waals surface area contributed by atoms with Gasteiger partial charge in [0.2, 0.25) is 0 Å². The Labute approximate surface area is 122 Å². The summed E-state index contributed by atoms with van der Waals surface area (Å²) in [5, 5.41) is 0. The summed E-state index contributed by atoms with van der Waals surface area (Å²) in [6.45, 7) is 3.73. The molecule has 1 aromatic heterocycles. The normalized spacial score (nSPS) is 14.2. The molecule has 0 aliphatic heterocycles. The maximum Gasteiger partial charge on any atom is 0.341 e. The Morgan fingerprint density at radius 3 is 2.90 bits per heavy atom. The van der Waals surface area contributed by atoms with Gasteiger partial charge in [0.05, 0.1) is 29.9 Å². The van der Waals surface area contributed by atoms with E-state index >= 15 is 0 Å². The molecule has 1 fully saturated rings. The van der Waals surface area contributed by atoms with E-state index in [1.807, 2.05) is 17.7 Å². The molecular weight excluding hydrogens is 271 g/mol. The third-order valence-corrected chi connectivity index (χ3v) is 3.66. The SMILES string of the molecule is CCOC(=O)c1cc(-n2cnc(C3CC3)c2)c(C)cc1F. The van der Waals surface area contributed by atoms with Gasteiger partial charge in [-0.25, -0.2) is 14.2 Å². The molecule has 1 heterocycles. The van der Waals surface area contributed by atoms with Crippen molar-refractivity contribution in [3.05, 3.63) is 47.3 Å². The fourth-order valence-electron chi connectivity index (χ4n) is 2.36. The molecule has 21 heavy (non-hydrogen) atoms. The number of imidazole rings is 1. The van der Waals surface area contributed by atoms with Gasteiger partial charge in [0.25, 0.3) is 0 Å². The van der Waals surface area contributed by atoms with Crippen molar-refractivity contribution in [1.29, 1.82) is 0 Å². The van der Waals surface area contributed by atoms with Crippen molar-refractivity contribution in [2.75, 3.05) is 6.61 Å². The zero-order chi connectivity index (χ0) is 15.0. The lowest BCUT2D eigenvalue weighted by atomic mass is 10.1. The third kappa shape index (κ3) is 2.68. The molecule has 5 heteroatoms. The molecule has 2 aromatic rings. The molecule has 110 valence electrons. The first-order valence-corrected chi connectivity index (χ1v) is 7.11. The second-order valence-corrected chi connectivity index (χ2v) is 5.32.